The van der Waals surface area contributed by atoms with Gasteiger partial charge in [0.2, 0.25) is 0 Å². The van der Waals surface area contributed by atoms with E-state index in [0.29, 0.717) is 11.8 Å². The number of carboxylic acid groups (broad SMARTS) is 1. The van der Waals surface area contributed by atoms with Gasteiger partial charge >= 0.3 is 5.97 Å². The molecule has 6 rings (SSSR count). The van der Waals surface area contributed by atoms with Crippen molar-refractivity contribution in [2.45, 2.75) is 118 Å². The van der Waals surface area contributed by atoms with Crippen LogP contribution in [0.25, 0.3) is 0 Å². The number of H-pyrrole nitrogens is 1. The van der Waals surface area contributed by atoms with Gasteiger partial charge in [-0.3, -0.25) is 9.89 Å². The molecule has 3 unspecified atom stereocenters. The average Bonchev–Trinajstić information content (AvgIpc) is 3.22. The molecule has 1 aromatic rings. The van der Waals surface area contributed by atoms with Gasteiger partial charge < -0.3 is 10.2 Å². The Labute approximate surface area is 222 Å². The van der Waals surface area contributed by atoms with Crippen LogP contribution < -0.4 is 0 Å². The molecule has 1 aromatic heterocycles. The van der Waals surface area contributed by atoms with Crippen LogP contribution in [0.4, 0.5) is 0 Å². The second kappa shape index (κ2) is 7.52. The number of carbonyl (C=O) groups is 1. The third-order valence-electron chi connectivity index (χ3n) is 13.5. The fourth-order valence-corrected chi connectivity index (χ4v) is 11.2. The number of aliphatic hydroxyl groups is 1. The first-order chi connectivity index (χ1) is 17.2. The van der Waals surface area contributed by atoms with E-state index in [1.54, 1.807) is 0 Å². The Morgan fingerprint density at radius 3 is 2.41 bits per heavy atom. The van der Waals surface area contributed by atoms with Gasteiger partial charge in [0.05, 0.1) is 23.4 Å². The Morgan fingerprint density at radius 1 is 1.03 bits per heavy atom. The summed E-state index contributed by atoms with van der Waals surface area (Å²) in [5.41, 5.74) is 4.62. The van der Waals surface area contributed by atoms with E-state index in [1.807, 2.05) is 0 Å². The first kappa shape index (κ1) is 25.6. The quantitative estimate of drug-likeness (QED) is 0.383. The van der Waals surface area contributed by atoms with E-state index in [9.17, 15) is 15.0 Å². The van der Waals surface area contributed by atoms with Crippen molar-refractivity contribution >= 4 is 5.97 Å². The highest BCUT2D eigenvalue weighted by atomic mass is 16.4. The summed E-state index contributed by atoms with van der Waals surface area (Å²) >= 11 is 0. The Hall–Kier alpha value is -1.62. The zero-order valence-electron chi connectivity index (χ0n) is 24.1. The number of aromatic nitrogens is 2. The predicted octanol–water partition coefficient (Wildman–Crippen LogP) is 6.80. The number of fused-ring (bicyclic) bond motifs is 8. The van der Waals surface area contributed by atoms with Crippen LogP contribution in [-0.2, 0) is 23.2 Å². The van der Waals surface area contributed by atoms with Crippen LogP contribution in [0.3, 0.4) is 0 Å². The van der Waals surface area contributed by atoms with Crippen molar-refractivity contribution in [3.05, 3.63) is 28.6 Å². The van der Waals surface area contributed by atoms with Crippen molar-refractivity contribution in [1.29, 1.82) is 0 Å². The number of aliphatic hydroxyl groups excluding tert-OH is 1. The van der Waals surface area contributed by atoms with E-state index in [1.165, 1.54) is 24.0 Å². The van der Waals surface area contributed by atoms with Gasteiger partial charge in [-0.15, -0.1) is 0 Å². The van der Waals surface area contributed by atoms with Crippen molar-refractivity contribution in [2.75, 3.05) is 0 Å². The fourth-order valence-electron chi connectivity index (χ4n) is 11.2. The van der Waals surface area contributed by atoms with Crippen LogP contribution in [0.1, 0.15) is 117 Å². The molecule has 5 aliphatic carbocycles. The van der Waals surface area contributed by atoms with Crippen molar-refractivity contribution in [2.24, 2.45) is 44.8 Å². The summed E-state index contributed by atoms with van der Waals surface area (Å²) in [7, 11) is 0. The van der Waals surface area contributed by atoms with Crippen molar-refractivity contribution in [1.82, 2.24) is 10.2 Å². The monoisotopic (exact) mass is 508 g/mol. The molecule has 0 spiro atoms. The summed E-state index contributed by atoms with van der Waals surface area (Å²) in [5.74, 6) is 0.654. The lowest BCUT2D eigenvalue weighted by molar-refractivity contribution is -0.177. The molecular weight excluding hydrogens is 460 g/mol. The molecule has 5 heteroatoms. The number of allylic oxidation sites excluding steroid dienone is 2. The number of nitrogens with one attached hydrogen (secondary N) is 1. The fraction of sp³-hybridized carbons (Fsp3) is 0.812. The lowest BCUT2D eigenvalue weighted by Crippen LogP contribution is -2.64. The van der Waals surface area contributed by atoms with E-state index in [-0.39, 0.29) is 39.6 Å². The topological polar surface area (TPSA) is 86.2 Å². The Morgan fingerprint density at radius 2 is 1.73 bits per heavy atom. The summed E-state index contributed by atoms with van der Waals surface area (Å²) < 4.78 is 0. The molecule has 5 nitrogen and oxygen atoms in total. The molecule has 204 valence electrons. The van der Waals surface area contributed by atoms with E-state index in [2.05, 4.69) is 59.6 Å². The molecule has 0 radical (unpaired) electrons. The maximum Gasteiger partial charge on any atom is 0.310 e. The molecule has 0 bridgehead atoms. The Kier molecular flexibility index (Phi) is 5.21. The lowest BCUT2D eigenvalue weighted by Gasteiger charge is -2.70. The molecule has 0 saturated heterocycles. The molecule has 7 atom stereocenters. The number of aromatic amines is 1. The largest absolute Gasteiger partial charge is 0.481 e. The SMILES string of the molecule is CC1(C)CC[C@]2(C(=O)O)CC[C@]3(C)C(=CCC4[C@@]5(C)Cc6c(n[nH]c6CO)C(C)(C)C5CC[C@]43C)C2C1. The minimum atomic E-state index is -0.584. The van der Waals surface area contributed by atoms with Crippen molar-refractivity contribution in [3.8, 4) is 0 Å². The van der Waals surface area contributed by atoms with Crippen LogP contribution >= 0.6 is 0 Å². The third-order valence-corrected chi connectivity index (χ3v) is 13.5. The van der Waals surface area contributed by atoms with Gasteiger partial charge in [-0.2, -0.15) is 5.10 Å². The van der Waals surface area contributed by atoms with Gasteiger partial charge in [-0.05, 0) is 103 Å². The van der Waals surface area contributed by atoms with Gasteiger partial charge in [0, 0.05) is 5.41 Å². The highest BCUT2D eigenvalue weighted by molar-refractivity contribution is 5.76. The molecule has 0 amide bonds. The first-order valence-corrected chi connectivity index (χ1v) is 14.8. The highest BCUT2D eigenvalue weighted by Gasteiger charge is 2.69. The number of hydrogen-bond donors (Lipinski definition) is 3. The predicted molar refractivity (Wildman–Crippen MR) is 145 cm³/mol. The molecular formula is C32H48N2O3. The van der Waals surface area contributed by atoms with Crippen molar-refractivity contribution in [3.63, 3.8) is 0 Å². The smallest absolute Gasteiger partial charge is 0.310 e. The first-order valence-electron chi connectivity index (χ1n) is 14.8. The zero-order valence-corrected chi connectivity index (χ0v) is 24.1. The molecule has 0 aliphatic heterocycles. The van der Waals surface area contributed by atoms with Gasteiger partial charge in [0.1, 0.15) is 0 Å². The van der Waals surface area contributed by atoms with E-state index >= 15 is 0 Å². The Balaban J connectivity index is 1.47. The van der Waals surface area contributed by atoms with Crippen molar-refractivity contribution < 1.29 is 15.0 Å². The van der Waals surface area contributed by atoms with Crippen LogP contribution in [0.15, 0.2) is 11.6 Å². The van der Waals surface area contributed by atoms with Gasteiger partial charge in [0.25, 0.3) is 0 Å². The van der Waals surface area contributed by atoms with Crippen LogP contribution in [0.5, 0.6) is 0 Å². The normalized spacial score (nSPS) is 45.4. The summed E-state index contributed by atoms with van der Waals surface area (Å²) in [6, 6.07) is 0. The maximum absolute atomic E-state index is 12.9. The number of hydrogen-bond acceptors (Lipinski definition) is 3. The molecule has 0 aromatic carbocycles. The molecule has 3 fully saturated rings. The molecule has 3 saturated carbocycles. The van der Waals surface area contributed by atoms with E-state index < -0.39 is 11.4 Å². The number of aliphatic carboxylic acids is 1. The molecule has 5 aliphatic rings. The number of nitrogens with zero attached hydrogens (tertiary/aromatic N) is 1. The standard InChI is InChI=1S/C32H48N2O3/c1-27(2)12-14-32(26(36)37)15-13-30(6)20(21(32)17-27)8-9-24-29(5)16-19-22(18-35)33-34-25(19)28(3,4)23(29)10-11-31(24,30)7/h8,21,23-24,35H,9-18H2,1-7H3,(H,33,34)(H,36,37)/t21?,23?,24?,29-,30+,31+,32-/m0/s1. The zero-order chi connectivity index (χ0) is 26.8. The summed E-state index contributed by atoms with van der Waals surface area (Å²) in [5, 5.41) is 28.6. The maximum atomic E-state index is 12.9. The summed E-state index contributed by atoms with van der Waals surface area (Å²) in [6.45, 7) is 17.1. The minimum Gasteiger partial charge on any atom is -0.481 e. The molecule has 3 N–H and O–H groups in total. The van der Waals surface area contributed by atoms with Gasteiger partial charge in [0.15, 0.2) is 0 Å². The molecule has 1 heterocycles. The molecule has 37 heavy (non-hydrogen) atoms. The average molecular weight is 509 g/mol. The number of rotatable bonds is 2. The van der Waals surface area contributed by atoms with Gasteiger partial charge in [-0.25, -0.2) is 0 Å². The van der Waals surface area contributed by atoms with Crippen LogP contribution in [0.2, 0.25) is 0 Å². The van der Waals surface area contributed by atoms with Crippen LogP contribution in [-0.4, -0.2) is 26.4 Å². The second-order valence-electron chi connectivity index (χ2n) is 15.8. The Bertz CT molecular complexity index is 1180. The minimum absolute atomic E-state index is 0.0115. The lowest BCUT2D eigenvalue weighted by atomic mass is 9.33. The number of carboxylic acids is 1. The van der Waals surface area contributed by atoms with Gasteiger partial charge in [-0.1, -0.05) is 60.1 Å². The highest BCUT2D eigenvalue weighted by Crippen LogP contribution is 2.75. The summed E-state index contributed by atoms with van der Waals surface area (Å²) in [4.78, 5) is 12.9. The second-order valence-corrected chi connectivity index (χ2v) is 15.8. The third kappa shape index (κ3) is 3.01. The van der Waals surface area contributed by atoms with E-state index in [0.717, 1.165) is 56.3 Å². The van der Waals surface area contributed by atoms with E-state index in [4.69, 9.17) is 5.10 Å². The summed E-state index contributed by atoms with van der Waals surface area (Å²) in [6.07, 6.45) is 11.5. The van der Waals surface area contributed by atoms with Crippen LogP contribution in [0, 0.1) is 44.8 Å².